The molecule has 8 nitrogen and oxygen atoms in total. The summed E-state index contributed by atoms with van der Waals surface area (Å²) in [5.41, 5.74) is 2.45. The Morgan fingerprint density at radius 3 is 1.45 bits per heavy atom. The van der Waals surface area contributed by atoms with E-state index in [1.54, 1.807) is 64.6 Å². The number of fused-ring (bicyclic) bond motifs is 4. The summed E-state index contributed by atoms with van der Waals surface area (Å²) in [6.45, 7) is 6.18. The summed E-state index contributed by atoms with van der Waals surface area (Å²) in [7, 11) is 3.51. The fourth-order valence-electron chi connectivity index (χ4n) is 6.28. The Hall–Kier alpha value is -4.58. The molecule has 0 fully saturated rings. The van der Waals surface area contributed by atoms with Crippen molar-refractivity contribution in [3.05, 3.63) is 89.5 Å². The van der Waals surface area contributed by atoms with Gasteiger partial charge in [0.05, 0.1) is 45.5 Å². The molecule has 0 bridgehead atoms. The lowest BCUT2D eigenvalue weighted by molar-refractivity contribution is -0.141. The first-order valence-electron chi connectivity index (χ1n) is 17.8. The van der Waals surface area contributed by atoms with Gasteiger partial charge in [0.1, 0.15) is 22.8 Å². The summed E-state index contributed by atoms with van der Waals surface area (Å²) in [6.07, 6.45) is -6.61. The highest BCUT2D eigenvalue weighted by Gasteiger charge is 2.34. The molecule has 6 aromatic heterocycles. The maximum atomic E-state index is 13.1. The summed E-state index contributed by atoms with van der Waals surface area (Å²) in [5, 5.41) is 2.54. The van der Waals surface area contributed by atoms with Crippen LogP contribution in [0.4, 0.5) is 26.3 Å². The lowest BCUT2D eigenvalue weighted by atomic mass is 10.2. The first-order valence-corrected chi connectivity index (χ1v) is 21.2. The highest BCUT2D eigenvalue weighted by Crippen LogP contribution is 2.38. The van der Waals surface area contributed by atoms with E-state index in [1.807, 2.05) is 37.3 Å². The average Bonchev–Trinajstić information content (AvgIpc) is 3.69. The van der Waals surface area contributed by atoms with E-state index in [0.717, 1.165) is 61.0 Å². The number of halogens is 7. The summed E-state index contributed by atoms with van der Waals surface area (Å²) in [5.74, 6) is 3.65. The molecular weight excluding hydrogens is 838 g/mol. The van der Waals surface area contributed by atoms with Crippen LogP contribution >= 0.6 is 46.9 Å². The molecule has 0 atom stereocenters. The molecule has 0 saturated carbocycles. The quantitative estimate of drug-likeness (QED) is 0.109. The fourth-order valence-corrected chi connectivity index (χ4v) is 8.76. The van der Waals surface area contributed by atoms with Gasteiger partial charge in [-0.3, -0.25) is 0 Å². The number of rotatable bonds is 8. The van der Waals surface area contributed by atoms with E-state index in [2.05, 4.69) is 45.9 Å². The molecule has 8 aromatic rings. The zero-order valence-corrected chi connectivity index (χ0v) is 34.7. The second-order valence-corrected chi connectivity index (χ2v) is 17.1. The highest BCUT2D eigenvalue weighted by atomic mass is 35.5. The summed E-state index contributed by atoms with van der Waals surface area (Å²) >= 11 is 11.1. The molecular formula is C40H33ClF6N8S3. The van der Waals surface area contributed by atoms with Gasteiger partial charge < -0.3 is 9.13 Å². The maximum Gasteiger partial charge on any atom is 0.433 e. The van der Waals surface area contributed by atoms with Gasteiger partial charge in [0.2, 0.25) is 0 Å². The SMILES string of the molecule is CCSc1cc2cc(Cl)ccc2nc1-c1nc2cc(C(F)(F)F)ncc2n1C.CCSc1ccc2nc(-c3nc4cc(C(F)(F)F)ncc4n3C)c(SCC)cc2c1. The number of benzene rings is 2. The predicted molar refractivity (Wildman–Crippen MR) is 223 cm³/mol. The molecule has 58 heavy (non-hydrogen) atoms. The van der Waals surface area contributed by atoms with E-state index in [1.165, 1.54) is 17.3 Å². The molecule has 0 amide bonds. The minimum Gasteiger partial charge on any atom is -0.325 e. The van der Waals surface area contributed by atoms with Crippen LogP contribution < -0.4 is 0 Å². The Balaban J connectivity index is 0.000000177. The number of aromatic nitrogens is 8. The first-order chi connectivity index (χ1) is 27.6. The van der Waals surface area contributed by atoms with Gasteiger partial charge >= 0.3 is 12.4 Å². The summed E-state index contributed by atoms with van der Waals surface area (Å²) in [4.78, 5) is 28.6. The largest absolute Gasteiger partial charge is 0.433 e. The molecule has 18 heteroatoms. The van der Waals surface area contributed by atoms with E-state index < -0.39 is 23.7 Å². The van der Waals surface area contributed by atoms with Crippen molar-refractivity contribution in [3.63, 3.8) is 0 Å². The number of imidazole rings is 2. The molecule has 0 aliphatic rings. The van der Waals surface area contributed by atoms with Crippen molar-refractivity contribution in [2.24, 2.45) is 14.1 Å². The van der Waals surface area contributed by atoms with Gasteiger partial charge in [-0.15, -0.1) is 35.3 Å². The molecule has 0 radical (unpaired) electrons. The van der Waals surface area contributed by atoms with Crippen molar-refractivity contribution in [1.82, 2.24) is 39.0 Å². The van der Waals surface area contributed by atoms with E-state index >= 15 is 0 Å². The maximum absolute atomic E-state index is 13.1. The molecule has 300 valence electrons. The first kappa shape index (κ1) is 41.6. The van der Waals surface area contributed by atoms with E-state index in [-0.39, 0.29) is 11.0 Å². The zero-order valence-electron chi connectivity index (χ0n) is 31.5. The van der Waals surface area contributed by atoms with E-state index in [4.69, 9.17) is 21.6 Å². The number of nitrogens with zero attached hydrogens (tertiary/aromatic N) is 8. The highest BCUT2D eigenvalue weighted by molar-refractivity contribution is 7.99. The Kier molecular flexibility index (Phi) is 11.9. The second kappa shape index (κ2) is 16.6. The smallest absolute Gasteiger partial charge is 0.325 e. The average molecular weight is 871 g/mol. The van der Waals surface area contributed by atoms with Gasteiger partial charge in [0.25, 0.3) is 0 Å². The van der Waals surface area contributed by atoms with Crippen LogP contribution in [0.1, 0.15) is 32.2 Å². The van der Waals surface area contributed by atoms with Gasteiger partial charge in [-0.05, 0) is 77.9 Å². The van der Waals surface area contributed by atoms with Crippen molar-refractivity contribution in [2.45, 2.75) is 47.8 Å². The standard InChI is InChI=1S/C21H19F3N4S2.C19H14ClF3N4S/c1-4-29-13-6-7-14-12(8-13)9-17(30-5-2)19(26-14)20-27-15-10-18(21(22,23)24)25-11-16(15)28(20)3;1-3-28-15-7-10-6-11(20)4-5-12(10)25-17(15)18-26-13-8-16(19(21,22)23)24-9-14(13)27(18)2/h6-11H,4-5H2,1-3H3;4-9H,3H2,1-2H3. The number of aryl methyl sites for hydroxylation is 2. The van der Waals surface area contributed by atoms with Gasteiger partial charge in [0, 0.05) is 44.6 Å². The number of thioether (sulfide) groups is 3. The fraction of sp³-hybridized carbons (Fsp3) is 0.250. The third-order valence-electron chi connectivity index (χ3n) is 8.94. The molecule has 0 N–H and O–H groups in total. The van der Waals surface area contributed by atoms with Crippen LogP contribution in [0.3, 0.4) is 0 Å². The number of alkyl halides is 6. The van der Waals surface area contributed by atoms with Gasteiger partial charge in [-0.25, -0.2) is 29.9 Å². The molecule has 6 heterocycles. The Labute approximate surface area is 346 Å². The van der Waals surface area contributed by atoms with Crippen molar-refractivity contribution in [3.8, 4) is 23.0 Å². The van der Waals surface area contributed by atoms with Gasteiger partial charge in [-0.2, -0.15) is 26.3 Å². The molecule has 0 aliphatic heterocycles. The second-order valence-electron chi connectivity index (χ2n) is 12.8. The minimum absolute atomic E-state index is 0.227. The third-order valence-corrected chi connectivity index (χ3v) is 11.9. The lowest BCUT2D eigenvalue weighted by Crippen LogP contribution is -2.07. The molecule has 2 aromatic carbocycles. The molecule has 0 saturated heterocycles. The Morgan fingerprint density at radius 2 is 1.00 bits per heavy atom. The number of hydrogen-bond donors (Lipinski definition) is 0. The van der Waals surface area contributed by atoms with Crippen molar-refractivity contribution < 1.29 is 26.3 Å². The van der Waals surface area contributed by atoms with Gasteiger partial charge in [-0.1, -0.05) is 32.4 Å². The van der Waals surface area contributed by atoms with Crippen LogP contribution in [-0.4, -0.2) is 56.3 Å². The van der Waals surface area contributed by atoms with Crippen LogP contribution in [0.5, 0.6) is 0 Å². The van der Waals surface area contributed by atoms with Crippen molar-refractivity contribution in [1.29, 1.82) is 0 Å². The van der Waals surface area contributed by atoms with Crippen molar-refractivity contribution >= 4 is 90.8 Å². The van der Waals surface area contributed by atoms with Crippen LogP contribution in [0, 0.1) is 0 Å². The van der Waals surface area contributed by atoms with Gasteiger partial charge in [0.15, 0.2) is 11.6 Å². The molecule has 0 unspecified atom stereocenters. The summed E-state index contributed by atoms with van der Waals surface area (Å²) in [6, 6.07) is 17.6. The summed E-state index contributed by atoms with van der Waals surface area (Å²) < 4.78 is 81.6. The Bertz CT molecular complexity index is 2820. The van der Waals surface area contributed by atoms with E-state index in [9.17, 15) is 26.3 Å². The van der Waals surface area contributed by atoms with Crippen LogP contribution in [-0.2, 0) is 26.4 Å². The minimum atomic E-state index is -4.52. The topological polar surface area (TPSA) is 87.2 Å². The number of hydrogen-bond acceptors (Lipinski definition) is 9. The predicted octanol–water partition coefficient (Wildman–Crippen LogP) is 12.4. The van der Waals surface area contributed by atoms with Crippen LogP contribution in [0.25, 0.3) is 66.9 Å². The zero-order chi connectivity index (χ0) is 41.5. The molecule has 8 rings (SSSR count). The lowest BCUT2D eigenvalue weighted by Gasteiger charge is -2.11. The van der Waals surface area contributed by atoms with Crippen molar-refractivity contribution in [2.75, 3.05) is 17.3 Å². The van der Waals surface area contributed by atoms with E-state index in [0.29, 0.717) is 39.1 Å². The molecule has 0 spiro atoms. The normalized spacial score (nSPS) is 12.2. The molecule has 0 aliphatic carbocycles. The Morgan fingerprint density at radius 1 is 0.552 bits per heavy atom. The van der Waals surface area contributed by atoms with Crippen LogP contribution in [0.15, 0.2) is 87.7 Å². The monoisotopic (exact) mass is 870 g/mol. The van der Waals surface area contributed by atoms with Crippen LogP contribution in [0.2, 0.25) is 5.02 Å². The number of pyridine rings is 4. The third kappa shape index (κ3) is 8.44.